The van der Waals surface area contributed by atoms with E-state index in [2.05, 4.69) is 163 Å². The number of aromatic nitrogens is 5. The van der Waals surface area contributed by atoms with Gasteiger partial charge < -0.3 is 0 Å². The molecule has 0 N–H and O–H groups in total. The third kappa shape index (κ3) is 4.98. The van der Waals surface area contributed by atoms with E-state index in [0.29, 0.717) is 23.4 Å². The zero-order valence-electron chi connectivity index (χ0n) is 32.4. The number of nitrogens with zero attached hydrogens (tertiary/aromatic N) is 5. The van der Waals surface area contributed by atoms with E-state index < -0.39 is 5.41 Å². The summed E-state index contributed by atoms with van der Waals surface area (Å²) >= 11 is 0. The van der Waals surface area contributed by atoms with Crippen LogP contribution in [0.3, 0.4) is 0 Å². The minimum atomic E-state index is -0.561. The van der Waals surface area contributed by atoms with Gasteiger partial charge in [0.1, 0.15) is 5.82 Å². The van der Waals surface area contributed by atoms with Gasteiger partial charge in [0.15, 0.2) is 17.5 Å². The molecule has 0 saturated heterocycles. The number of fused-ring (bicyclic) bond motifs is 10. The van der Waals surface area contributed by atoms with Crippen LogP contribution in [-0.4, -0.2) is 24.5 Å². The molecule has 0 amide bonds. The molecular formula is C54H37N5. The molecule has 12 rings (SSSR count). The van der Waals surface area contributed by atoms with Crippen LogP contribution in [0.4, 0.5) is 0 Å². The molecule has 1 spiro atoms. The SMILES string of the molecule is CC1CC=CC2=C1c1ccc(-c3nc4ccccc4n3-c3ccccc3)cc1C21c2ccccc2-c2ccc(-c3nc(-c4ccccc4)nc(-c4ccccc4)n3)cc21. The molecule has 0 bridgehead atoms. The first-order valence-corrected chi connectivity index (χ1v) is 20.4. The van der Waals surface area contributed by atoms with Crippen molar-refractivity contribution in [2.75, 3.05) is 0 Å². The van der Waals surface area contributed by atoms with Crippen LogP contribution in [0.15, 0.2) is 194 Å². The van der Waals surface area contributed by atoms with E-state index in [9.17, 15) is 0 Å². The van der Waals surface area contributed by atoms with Crippen molar-refractivity contribution < 1.29 is 0 Å². The summed E-state index contributed by atoms with van der Waals surface area (Å²) in [4.78, 5) is 20.7. The first-order valence-electron chi connectivity index (χ1n) is 20.4. The molecule has 2 heterocycles. The molecule has 59 heavy (non-hydrogen) atoms. The molecule has 0 radical (unpaired) electrons. The number of allylic oxidation sites excluding steroid dienone is 4. The highest BCUT2D eigenvalue weighted by molar-refractivity contribution is 5.98. The van der Waals surface area contributed by atoms with Gasteiger partial charge in [-0.2, -0.15) is 0 Å². The lowest BCUT2D eigenvalue weighted by Crippen LogP contribution is -2.27. The van der Waals surface area contributed by atoms with E-state index in [1.165, 1.54) is 44.5 Å². The number of rotatable bonds is 5. The summed E-state index contributed by atoms with van der Waals surface area (Å²) in [7, 11) is 0. The maximum Gasteiger partial charge on any atom is 0.164 e. The third-order valence-electron chi connectivity index (χ3n) is 12.5. The Morgan fingerprint density at radius 3 is 1.80 bits per heavy atom. The summed E-state index contributed by atoms with van der Waals surface area (Å²) in [5, 5.41) is 0. The van der Waals surface area contributed by atoms with E-state index in [-0.39, 0.29) is 0 Å². The minimum Gasteiger partial charge on any atom is -0.292 e. The molecule has 278 valence electrons. The number of imidazole rings is 1. The Morgan fingerprint density at radius 2 is 1.05 bits per heavy atom. The standard InChI is InChI=1S/C54H37N5/c1-34-16-15-25-44-49(34)42-31-29-38(53-55-47-26-13-14-27-48(47)59(53)39-21-9-4-10-22-39)33-46(42)54(44)43-24-12-11-23-40(43)41-30-28-37(32-45(41)54)52-57-50(35-17-5-2-6-18-35)56-51(58-52)36-19-7-3-8-20-36/h2-15,17-34H,16H2,1H3. The predicted octanol–water partition coefficient (Wildman–Crippen LogP) is 12.6. The third-order valence-corrected chi connectivity index (χ3v) is 12.5. The molecule has 5 nitrogen and oxygen atoms in total. The molecule has 9 aromatic rings. The van der Waals surface area contributed by atoms with Gasteiger partial charge in [-0.3, -0.25) is 4.57 Å². The smallest absolute Gasteiger partial charge is 0.164 e. The van der Waals surface area contributed by atoms with Gasteiger partial charge in [-0.25, -0.2) is 19.9 Å². The van der Waals surface area contributed by atoms with Gasteiger partial charge >= 0.3 is 0 Å². The van der Waals surface area contributed by atoms with Gasteiger partial charge in [0.2, 0.25) is 0 Å². The highest BCUT2D eigenvalue weighted by Crippen LogP contribution is 2.64. The highest BCUT2D eigenvalue weighted by Gasteiger charge is 2.53. The van der Waals surface area contributed by atoms with E-state index in [4.69, 9.17) is 19.9 Å². The summed E-state index contributed by atoms with van der Waals surface area (Å²) in [5.74, 6) is 3.24. The maximum atomic E-state index is 5.33. The number of hydrogen-bond donors (Lipinski definition) is 0. The van der Waals surface area contributed by atoms with Crippen LogP contribution in [0.5, 0.6) is 0 Å². The average Bonchev–Trinajstić information content (AvgIpc) is 3.94. The summed E-state index contributed by atoms with van der Waals surface area (Å²) < 4.78 is 2.30. The van der Waals surface area contributed by atoms with Crippen LogP contribution in [0.1, 0.15) is 35.6 Å². The van der Waals surface area contributed by atoms with Gasteiger partial charge in [0, 0.05) is 27.9 Å². The second kappa shape index (κ2) is 13.0. The Bertz CT molecular complexity index is 3140. The van der Waals surface area contributed by atoms with E-state index in [1.54, 1.807) is 0 Å². The Labute approximate surface area is 342 Å². The lowest BCUT2D eigenvalue weighted by Gasteiger charge is -2.33. The van der Waals surface area contributed by atoms with Crippen molar-refractivity contribution in [3.63, 3.8) is 0 Å². The summed E-state index contributed by atoms with van der Waals surface area (Å²) in [6.07, 6.45) is 5.79. The molecule has 2 aromatic heterocycles. The normalized spacial score (nSPS) is 17.3. The van der Waals surface area contributed by atoms with E-state index >= 15 is 0 Å². The molecule has 2 atom stereocenters. The molecule has 2 unspecified atom stereocenters. The number of para-hydroxylation sites is 3. The van der Waals surface area contributed by atoms with Crippen LogP contribution in [0, 0.1) is 5.92 Å². The van der Waals surface area contributed by atoms with Gasteiger partial charge in [0.25, 0.3) is 0 Å². The molecular weight excluding hydrogens is 719 g/mol. The van der Waals surface area contributed by atoms with Crippen LogP contribution >= 0.6 is 0 Å². The largest absolute Gasteiger partial charge is 0.292 e. The van der Waals surface area contributed by atoms with Crippen molar-refractivity contribution in [1.82, 2.24) is 24.5 Å². The van der Waals surface area contributed by atoms with Crippen molar-refractivity contribution in [3.05, 3.63) is 216 Å². The second-order valence-corrected chi connectivity index (χ2v) is 15.8. The Hall–Kier alpha value is -7.50. The lowest BCUT2D eigenvalue weighted by atomic mass is 9.68. The average molecular weight is 756 g/mol. The quantitative estimate of drug-likeness (QED) is 0.175. The lowest BCUT2D eigenvalue weighted by molar-refractivity contribution is 0.731. The Kier molecular flexibility index (Phi) is 7.42. The van der Waals surface area contributed by atoms with Gasteiger partial charge in [-0.05, 0) is 93.3 Å². The fourth-order valence-corrected chi connectivity index (χ4v) is 9.97. The van der Waals surface area contributed by atoms with E-state index in [0.717, 1.165) is 51.2 Å². The summed E-state index contributed by atoms with van der Waals surface area (Å²) in [6, 6.07) is 62.4. The topological polar surface area (TPSA) is 56.5 Å². The van der Waals surface area contributed by atoms with Gasteiger partial charge in [0.05, 0.1) is 16.4 Å². The van der Waals surface area contributed by atoms with Gasteiger partial charge in [-0.1, -0.05) is 159 Å². The highest BCUT2D eigenvalue weighted by atomic mass is 15.1. The fourth-order valence-electron chi connectivity index (χ4n) is 9.97. The van der Waals surface area contributed by atoms with Crippen molar-refractivity contribution >= 4 is 16.6 Å². The first-order chi connectivity index (χ1) is 29.2. The molecule has 0 fully saturated rings. The zero-order chi connectivity index (χ0) is 39.1. The molecule has 0 aliphatic heterocycles. The monoisotopic (exact) mass is 755 g/mol. The number of benzene rings is 7. The van der Waals surface area contributed by atoms with Crippen LogP contribution in [0.25, 0.3) is 79.0 Å². The van der Waals surface area contributed by atoms with Crippen molar-refractivity contribution in [2.24, 2.45) is 5.92 Å². The zero-order valence-corrected chi connectivity index (χ0v) is 32.4. The van der Waals surface area contributed by atoms with Crippen LogP contribution in [-0.2, 0) is 5.41 Å². The van der Waals surface area contributed by atoms with Gasteiger partial charge in [-0.15, -0.1) is 0 Å². The fraction of sp³-hybridized carbons (Fsp3) is 0.0741. The van der Waals surface area contributed by atoms with Crippen LogP contribution in [0.2, 0.25) is 0 Å². The summed E-state index contributed by atoms with van der Waals surface area (Å²) in [6.45, 7) is 2.38. The number of hydrogen-bond acceptors (Lipinski definition) is 4. The Morgan fingerprint density at radius 1 is 0.492 bits per heavy atom. The van der Waals surface area contributed by atoms with Crippen molar-refractivity contribution in [2.45, 2.75) is 18.8 Å². The molecule has 3 aliphatic carbocycles. The molecule has 3 aliphatic rings. The van der Waals surface area contributed by atoms with Crippen LogP contribution < -0.4 is 0 Å². The predicted molar refractivity (Wildman–Crippen MR) is 238 cm³/mol. The van der Waals surface area contributed by atoms with Crippen molar-refractivity contribution in [1.29, 1.82) is 0 Å². The van der Waals surface area contributed by atoms with Crippen molar-refractivity contribution in [3.8, 4) is 62.4 Å². The second-order valence-electron chi connectivity index (χ2n) is 15.8. The molecule has 0 saturated carbocycles. The van der Waals surface area contributed by atoms with E-state index in [1.807, 2.05) is 36.4 Å². The minimum absolute atomic E-state index is 0.359. The molecule has 7 aromatic carbocycles. The Balaban J connectivity index is 1.12. The first kappa shape index (κ1) is 33.6. The molecule has 5 heteroatoms. The summed E-state index contributed by atoms with van der Waals surface area (Å²) in [5.41, 5.74) is 17.0. The maximum absolute atomic E-state index is 5.33.